The van der Waals surface area contributed by atoms with E-state index < -0.39 is 0 Å². The number of aryl methyl sites for hydroxylation is 1. The van der Waals surface area contributed by atoms with Gasteiger partial charge in [-0.15, -0.1) is 0 Å². The molecule has 7 heteroatoms. The minimum Gasteiger partial charge on any atom is -0.354 e. The molecule has 0 fully saturated rings. The lowest BCUT2D eigenvalue weighted by Crippen LogP contribution is -2.31. The van der Waals surface area contributed by atoms with Gasteiger partial charge in [0.1, 0.15) is 5.69 Å². The molecule has 0 aliphatic rings. The van der Waals surface area contributed by atoms with E-state index in [-0.39, 0.29) is 11.8 Å². The summed E-state index contributed by atoms with van der Waals surface area (Å²) in [5.41, 5.74) is 3.88. The third-order valence-corrected chi connectivity index (χ3v) is 5.60. The van der Waals surface area contributed by atoms with Crippen LogP contribution in [-0.2, 0) is 18.4 Å². The van der Waals surface area contributed by atoms with Crippen molar-refractivity contribution in [3.63, 3.8) is 0 Å². The van der Waals surface area contributed by atoms with E-state index in [4.69, 9.17) is 11.6 Å². The van der Waals surface area contributed by atoms with Gasteiger partial charge in [0, 0.05) is 36.6 Å². The van der Waals surface area contributed by atoms with Gasteiger partial charge in [0.15, 0.2) is 5.82 Å². The molecule has 0 saturated carbocycles. The minimum atomic E-state index is -0.211. The van der Waals surface area contributed by atoms with Gasteiger partial charge in [0.2, 0.25) is 5.91 Å². The molecule has 1 amide bonds. The number of halogens is 1. The lowest BCUT2D eigenvalue weighted by molar-refractivity contribution is -0.122. The quantitative estimate of drug-likeness (QED) is 0.466. The van der Waals surface area contributed by atoms with Crippen LogP contribution in [0.2, 0.25) is 5.02 Å². The number of nitrogens with one attached hydrogen (secondary N) is 1. The van der Waals surface area contributed by atoms with Crippen molar-refractivity contribution in [2.24, 2.45) is 7.05 Å². The molecule has 31 heavy (non-hydrogen) atoms. The molecular formula is C24H24ClN5O. The van der Waals surface area contributed by atoms with E-state index >= 15 is 0 Å². The van der Waals surface area contributed by atoms with E-state index in [0.29, 0.717) is 18.1 Å². The number of imidazole rings is 1. The molecule has 0 saturated heterocycles. The van der Waals surface area contributed by atoms with Crippen LogP contribution in [0, 0.1) is 0 Å². The van der Waals surface area contributed by atoms with Crippen molar-refractivity contribution < 1.29 is 4.79 Å². The second-order valence-corrected chi connectivity index (χ2v) is 7.86. The number of hydrogen-bond donors (Lipinski definition) is 1. The van der Waals surface area contributed by atoms with Crippen LogP contribution >= 0.6 is 11.6 Å². The molecule has 2 aromatic carbocycles. The van der Waals surface area contributed by atoms with Gasteiger partial charge in [0.05, 0.1) is 18.7 Å². The normalized spacial score (nSPS) is 12.0. The number of amides is 1. The van der Waals surface area contributed by atoms with Gasteiger partial charge in [-0.3, -0.25) is 9.48 Å². The van der Waals surface area contributed by atoms with Crippen molar-refractivity contribution in [3.05, 3.63) is 83.8 Å². The number of nitrogens with zero attached hydrogens (tertiary/aromatic N) is 4. The fraction of sp³-hybridized carbons (Fsp3) is 0.208. The zero-order valence-corrected chi connectivity index (χ0v) is 18.3. The molecular weight excluding hydrogens is 410 g/mol. The third kappa shape index (κ3) is 4.54. The maximum atomic E-state index is 12.6. The van der Waals surface area contributed by atoms with Gasteiger partial charge in [0.25, 0.3) is 0 Å². The predicted octanol–water partition coefficient (Wildman–Crippen LogP) is 4.52. The number of carbonyl (C=O) groups is 1. The highest BCUT2D eigenvalue weighted by atomic mass is 35.5. The smallest absolute Gasteiger partial charge is 0.227 e. The molecule has 0 radical (unpaired) electrons. The van der Waals surface area contributed by atoms with E-state index in [9.17, 15) is 4.79 Å². The number of carbonyl (C=O) groups excluding carboxylic acids is 1. The molecule has 2 heterocycles. The average molecular weight is 434 g/mol. The largest absolute Gasteiger partial charge is 0.354 e. The molecule has 1 atom stereocenters. The van der Waals surface area contributed by atoms with Crippen molar-refractivity contribution >= 4 is 17.5 Å². The summed E-state index contributed by atoms with van der Waals surface area (Å²) in [5, 5.41) is 8.30. The van der Waals surface area contributed by atoms with Crippen LogP contribution in [-0.4, -0.2) is 31.8 Å². The Balaban J connectivity index is 1.54. The van der Waals surface area contributed by atoms with Crippen molar-refractivity contribution in [1.82, 2.24) is 24.6 Å². The van der Waals surface area contributed by atoms with E-state index in [1.165, 1.54) is 0 Å². The summed E-state index contributed by atoms with van der Waals surface area (Å²) >= 11 is 6.06. The van der Waals surface area contributed by atoms with Gasteiger partial charge in [-0.2, -0.15) is 5.10 Å². The Kier molecular flexibility index (Phi) is 6.18. The second-order valence-electron chi connectivity index (χ2n) is 7.42. The van der Waals surface area contributed by atoms with Gasteiger partial charge in [-0.1, -0.05) is 54.1 Å². The monoisotopic (exact) mass is 433 g/mol. The van der Waals surface area contributed by atoms with Crippen molar-refractivity contribution in [1.29, 1.82) is 0 Å². The van der Waals surface area contributed by atoms with Crippen LogP contribution in [0.25, 0.3) is 22.6 Å². The lowest BCUT2D eigenvalue weighted by atomic mass is 10.0. The number of rotatable bonds is 7. The fourth-order valence-corrected chi connectivity index (χ4v) is 3.68. The Labute approximate surface area is 186 Å². The molecule has 0 aliphatic heterocycles. The van der Waals surface area contributed by atoms with Crippen LogP contribution < -0.4 is 5.32 Å². The summed E-state index contributed by atoms with van der Waals surface area (Å²) in [4.78, 5) is 17.1. The van der Waals surface area contributed by atoms with Crippen LogP contribution in [0.1, 0.15) is 18.4 Å². The van der Waals surface area contributed by atoms with Crippen LogP contribution in [0.4, 0.5) is 0 Å². The molecule has 4 aromatic rings. The van der Waals surface area contributed by atoms with E-state index in [0.717, 1.165) is 28.2 Å². The summed E-state index contributed by atoms with van der Waals surface area (Å²) in [6, 6.07) is 17.4. The Morgan fingerprint density at radius 1 is 1.13 bits per heavy atom. The van der Waals surface area contributed by atoms with Gasteiger partial charge < -0.3 is 9.88 Å². The first-order chi connectivity index (χ1) is 15.0. The molecule has 158 valence electrons. The second kappa shape index (κ2) is 9.18. The number of aromatic nitrogens is 4. The van der Waals surface area contributed by atoms with Crippen LogP contribution in [0.5, 0.6) is 0 Å². The summed E-state index contributed by atoms with van der Waals surface area (Å²) in [5.74, 6) is 0.596. The van der Waals surface area contributed by atoms with Crippen LogP contribution in [0.15, 0.2) is 73.2 Å². The maximum Gasteiger partial charge on any atom is 0.227 e. The first-order valence-corrected chi connectivity index (χ1v) is 10.5. The summed E-state index contributed by atoms with van der Waals surface area (Å²) in [6.45, 7) is 2.91. The topological polar surface area (TPSA) is 64.7 Å². The Morgan fingerprint density at radius 2 is 1.87 bits per heavy atom. The molecule has 4 rings (SSSR count). The Morgan fingerprint density at radius 3 is 2.55 bits per heavy atom. The van der Waals surface area contributed by atoms with Crippen molar-refractivity contribution in [2.45, 2.75) is 19.4 Å². The zero-order chi connectivity index (χ0) is 21.8. The summed E-state index contributed by atoms with van der Waals surface area (Å²) in [6.07, 6.45) is 5.50. The molecule has 0 aliphatic carbocycles. The van der Waals surface area contributed by atoms with Crippen molar-refractivity contribution in [3.8, 4) is 22.6 Å². The van der Waals surface area contributed by atoms with Gasteiger partial charge in [-0.05, 0) is 30.2 Å². The highest BCUT2D eigenvalue weighted by molar-refractivity contribution is 6.30. The van der Waals surface area contributed by atoms with Crippen molar-refractivity contribution in [2.75, 3.05) is 6.54 Å². The van der Waals surface area contributed by atoms with E-state index in [1.54, 1.807) is 6.20 Å². The molecule has 1 N–H and O–H groups in total. The zero-order valence-electron chi connectivity index (χ0n) is 17.5. The average Bonchev–Trinajstić information content (AvgIpc) is 3.40. The Hall–Kier alpha value is -3.38. The first kappa shape index (κ1) is 20.9. The van der Waals surface area contributed by atoms with Gasteiger partial charge >= 0.3 is 0 Å². The highest BCUT2D eigenvalue weighted by Gasteiger charge is 2.19. The molecule has 0 spiro atoms. The first-order valence-electron chi connectivity index (χ1n) is 10.2. The molecule has 2 aromatic heterocycles. The van der Waals surface area contributed by atoms with Crippen LogP contribution in [0.3, 0.4) is 0 Å². The lowest BCUT2D eigenvalue weighted by Gasteiger charge is -2.14. The summed E-state index contributed by atoms with van der Waals surface area (Å²) < 4.78 is 3.85. The molecule has 0 unspecified atom stereocenters. The number of hydrogen-bond acceptors (Lipinski definition) is 3. The fourth-order valence-electron chi connectivity index (χ4n) is 3.56. The minimum absolute atomic E-state index is 0.00479. The predicted molar refractivity (Wildman–Crippen MR) is 123 cm³/mol. The Bertz CT molecular complexity index is 1160. The van der Waals surface area contributed by atoms with Gasteiger partial charge in [-0.25, -0.2) is 4.98 Å². The van der Waals surface area contributed by atoms with E-state index in [2.05, 4.69) is 15.4 Å². The maximum absolute atomic E-state index is 12.6. The summed E-state index contributed by atoms with van der Waals surface area (Å²) in [7, 11) is 1.95. The SMILES string of the molecule is C[C@H](C(=O)NCCn1ncc(-c2ccc(Cl)cc2)c1-c1nccn1C)c1ccccc1. The number of benzene rings is 2. The standard InChI is InChI=1S/C24H24ClN5O/c1-17(18-6-4-3-5-7-18)24(31)27-13-15-30-22(23-26-12-14-29(23)2)21(16-28-30)19-8-10-20(25)11-9-19/h3-12,14,16-17H,13,15H2,1-2H3,(H,27,31)/t17-/m0/s1. The van der Waals surface area contributed by atoms with E-state index in [1.807, 2.05) is 90.2 Å². The molecule has 6 nitrogen and oxygen atoms in total. The third-order valence-electron chi connectivity index (χ3n) is 5.34. The molecule has 0 bridgehead atoms. The highest BCUT2D eigenvalue weighted by Crippen LogP contribution is 2.31.